The number of rotatable bonds is 1. The van der Waals surface area contributed by atoms with Gasteiger partial charge in [0.15, 0.2) is 5.01 Å². The molecule has 2 fully saturated rings. The van der Waals surface area contributed by atoms with Gasteiger partial charge in [-0.3, -0.25) is 4.79 Å². The summed E-state index contributed by atoms with van der Waals surface area (Å²) in [5, 5.41) is 2.59. The zero-order valence-electron chi connectivity index (χ0n) is 8.06. The van der Waals surface area contributed by atoms with Crippen LogP contribution in [-0.4, -0.2) is 28.9 Å². The number of likely N-dealkylation sites (tertiary alicyclic amines) is 1. The van der Waals surface area contributed by atoms with E-state index in [1.807, 2.05) is 17.2 Å². The van der Waals surface area contributed by atoms with Crippen molar-refractivity contribution in [3.8, 4) is 0 Å². The second kappa shape index (κ2) is 2.79. The van der Waals surface area contributed by atoms with Gasteiger partial charge in [-0.15, -0.1) is 11.3 Å². The van der Waals surface area contributed by atoms with Gasteiger partial charge >= 0.3 is 0 Å². The molecule has 3 nitrogen and oxygen atoms in total. The highest BCUT2D eigenvalue weighted by Crippen LogP contribution is 2.45. The molecule has 1 aromatic rings. The Morgan fingerprint density at radius 3 is 2.86 bits per heavy atom. The van der Waals surface area contributed by atoms with E-state index < -0.39 is 0 Å². The molecule has 0 spiro atoms. The summed E-state index contributed by atoms with van der Waals surface area (Å²) in [6.07, 6.45) is 1.33. The third-order valence-electron chi connectivity index (χ3n) is 3.07. The number of amides is 1. The fourth-order valence-electron chi connectivity index (χ4n) is 2.15. The molecule has 14 heavy (non-hydrogen) atoms. The fourth-order valence-corrected chi connectivity index (χ4v) is 2.91. The summed E-state index contributed by atoms with van der Waals surface area (Å²) in [5.74, 6) is 1.75. The number of hydrogen-bond acceptors (Lipinski definition) is 3. The van der Waals surface area contributed by atoms with Crippen molar-refractivity contribution >= 4 is 17.2 Å². The summed E-state index contributed by atoms with van der Waals surface area (Å²) < 4.78 is 0. The number of fused-ring (bicyclic) bond motifs is 1. The van der Waals surface area contributed by atoms with Gasteiger partial charge in [-0.2, -0.15) is 0 Å². The molecule has 1 amide bonds. The average molecular weight is 208 g/mol. The Bertz CT molecular complexity index is 377. The molecule has 2 unspecified atom stereocenters. The highest BCUT2D eigenvalue weighted by Gasteiger charge is 2.46. The Morgan fingerprint density at radius 1 is 1.57 bits per heavy atom. The van der Waals surface area contributed by atoms with Crippen LogP contribution in [0.2, 0.25) is 0 Å². The van der Waals surface area contributed by atoms with Crippen molar-refractivity contribution in [1.29, 1.82) is 0 Å². The molecule has 0 bridgehead atoms. The smallest absolute Gasteiger partial charge is 0.282 e. The maximum absolute atomic E-state index is 11.9. The van der Waals surface area contributed by atoms with E-state index in [2.05, 4.69) is 4.98 Å². The lowest BCUT2D eigenvalue weighted by molar-refractivity contribution is 0.0775. The van der Waals surface area contributed by atoms with Crippen molar-refractivity contribution < 1.29 is 4.79 Å². The number of carbonyl (C=O) groups is 1. The standard InChI is InChI=1S/C10H12N2OS/c1-6-5-14-9(11-6)10(13)12-3-7-2-8(7)4-12/h5,7-8H,2-4H2,1H3. The summed E-state index contributed by atoms with van der Waals surface area (Å²) in [7, 11) is 0. The molecule has 1 saturated carbocycles. The Balaban J connectivity index is 1.76. The molecule has 0 N–H and O–H groups in total. The molecule has 1 aliphatic heterocycles. The second-order valence-corrected chi connectivity index (χ2v) is 5.12. The lowest BCUT2D eigenvalue weighted by Gasteiger charge is -2.15. The maximum atomic E-state index is 11.9. The van der Waals surface area contributed by atoms with E-state index in [9.17, 15) is 4.79 Å². The van der Waals surface area contributed by atoms with E-state index in [1.54, 1.807) is 0 Å². The van der Waals surface area contributed by atoms with Crippen LogP contribution >= 0.6 is 11.3 Å². The van der Waals surface area contributed by atoms with Crippen LogP contribution in [0.4, 0.5) is 0 Å². The van der Waals surface area contributed by atoms with Crippen LogP contribution in [0.25, 0.3) is 0 Å². The number of piperidine rings is 1. The lowest BCUT2D eigenvalue weighted by Crippen LogP contribution is -2.30. The first-order valence-electron chi connectivity index (χ1n) is 4.95. The largest absolute Gasteiger partial charge is 0.336 e. The molecule has 1 aromatic heterocycles. The molecule has 4 heteroatoms. The third kappa shape index (κ3) is 1.25. The van der Waals surface area contributed by atoms with E-state index in [0.717, 1.165) is 30.6 Å². The number of thiazole rings is 1. The van der Waals surface area contributed by atoms with Crippen molar-refractivity contribution in [2.45, 2.75) is 13.3 Å². The van der Waals surface area contributed by atoms with E-state index in [1.165, 1.54) is 17.8 Å². The highest BCUT2D eigenvalue weighted by atomic mass is 32.1. The van der Waals surface area contributed by atoms with Gasteiger partial charge in [0.25, 0.3) is 5.91 Å². The van der Waals surface area contributed by atoms with Gasteiger partial charge in [-0.25, -0.2) is 4.98 Å². The van der Waals surface area contributed by atoms with E-state index in [-0.39, 0.29) is 5.91 Å². The summed E-state index contributed by atoms with van der Waals surface area (Å²) in [6, 6.07) is 0. The van der Waals surface area contributed by atoms with Crippen LogP contribution < -0.4 is 0 Å². The minimum absolute atomic E-state index is 0.135. The summed E-state index contributed by atoms with van der Waals surface area (Å²) in [6.45, 7) is 3.85. The Hall–Kier alpha value is -0.900. The predicted octanol–water partition coefficient (Wildman–Crippen LogP) is 1.54. The van der Waals surface area contributed by atoms with Gasteiger partial charge in [-0.05, 0) is 25.2 Å². The van der Waals surface area contributed by atoms with Crippen molar-refractivity contribution in [1.82, 2.24) is 9.88 Å². The van der Waals surface area contributed by atoms with E-state index >= 15 is 0 Å². The molecular weight excluding hydrogens is 196 g/mol. The summed E-state index contributed by atoms with van der Waals surface area (Å²) in [5.41, 5.74) is 0.947. The van der Waals surface area contributed by atoms with Gasteiger partial charge in [0.2, 0.25) is 0 Å². The molecule has 0 aromatic carbocycles. The number of carbonyl (C=O) groups excluding carboxylic acids is 1. The minimum atomic E-state index is 0.135. The molecule has 2 aliphatic rings. The van der Waals surface area contributed by atoms with Crippen LogP contribution in [0, 0.1) is 18.8 Å². The molecular formula is C10H12N2OS. The van der Waals surface area contributed by atoms with Crippen molar-refractivity contribution in [3.05, 3.63) is 16.1 Å². The van der Waals surface area contributed by atoms with Crippen LogP contribution in [0.1, 0.15) is 21.9 Å². The van der Waals surface area contributed by atoms with Gasteiger partial charge in [0, 0.05) is 24.2 Å². The summed E-state index contributed by atoms with van der Waals surface area (Å²) >= 11 is 1.46. The fraction of sp³-hybridized carbons (Fsp3) is 0.600. The van der Waals surface area contributed by atoms with E-state index in [4.69, 9.17) is 0 Å². The average Bonchev–Trinajstić information content (AvgIpc) is 2.64. The van der Waals surface area contributed by atoms with Crippen molar-refractivity contribution in [2.24, 2.45) is 11.8 Å². The molecule has 1 saturated heterocycles. The topological polar surface area (TPSA) is 33.2 Å². The first-order chi connectivity index (χ1) is 6.74. The SMILES string of the molecule is Cc1csc(C(=O)N2CC3CC3C2)n1. The van der Waals surface area contributed by atoms with E-state index in [0.29, 0.717) is 5.01 Å². The molecule has 2 atom stereocenters. The number of aryl methyl sites for hydroxylation is 1. The molecule has 2 heterocycles. The van der Waals surface area contributed by atoms with Crippen LogP contribution in [0.15, 0.2) is 5.38 Å². The van der Waals surface area contributed by atoms with Gasteiger partial charge in [0.05, 0.1) is 0 Å². The van der Waals surface area contributed by atoms with Crippen molar-refractivity contribution in [2.75, 3.05) is 13.1 Å². The molecule has 74 valence electrons. The van der Waals surface area contributed by atoms with Crippen LogP contribution in [0.3, 0.4) is 0 Å². The highest BCUT2D eigenvalue weighted by molar-refractivity contribution is 7.11. The predicted molar refractivity (Wildman–Crippen MR) is 54.4 cm³/mol. The summed E-state index contributed by atoms with van der Waals surface area (Å²) in [4.78, 5) is 18.1. The zero-order valence-corrected chi connectivity index (χ0v) is 8.88. The second-order valence-electron chi connectivity index (χ2n) is 4.26. The van der Waals surface area contributed by atoms with Crippen LogP contribution in [0.5, 0.6) is 0 Å². The molecule has 1 aliphatic carbocycles. The van der Waals surface area contributed by atoms with Gasteiger partial charge in [-0.1, -0.05) is 0 Å². The first kappa shape index (κ1) is 8.41. The normalized spacial score (nSPS) is 29.1. The first-order valence-corrected chi connectivity index (χ1v) is 5.83. The number of nitrogens with zero attached hydrogens (tertiary/aromatic N) is 2. The van der Waals surface area contributed by atoms with Crippen LogP contribution in [-0.2, 0) is 0 Å². The zero-order chi connectivity index (χ0) is 9.71. The van der Waals surface area contributed by atoms with Gasteiger partial charge in [0.1, 0.15) is 0 Å². The Morgan fingerprint density at radius 2 is 2.29 bits per heavy atom. The lowest BCUT2D eigenvalue weighted by atomic mass is 10.4. The number of hydrogen-bond donors (Lipinski definition) is 0. The maximum Gasteiger partial charge on any atom is 0.282 e. The van der Waals surface area contributed by atoms with Crippen molar-refractivity contribution in [3.63, 3.8) is 0 Å². The van der Waals surface area contributed by atoms with Gasteiger partial charge < -0.3 is 4.90 Å². The number of aromatic nitrogens is 1. The molecule has 3 rings (SSSR count). The minimum Gasteiger partial charge on any atom is -0.336 e. The Labute approximate surface area is 86.8 Å². The molecule has 0 radical (unpaired) electrons. The third-order valence-corrected chi connectivity index (χ3v) is 4.02. The Kier molecular flexibility index (Phi) is 1.68. The monoisotopic (exact) mass is 208 g/mol. The quantitative estimate of drug-likeness (QED) is 0.701.